The predicted molar refractivity (Wildman–Crippen MR) is 101 cm³/mol. The maximum absolute atomic E-state index is 12.7. The Bertz CT molecular complexity index is 1130. The number of anilines is 1. The third-order valence-electron chi connectivity index (χ3n) is 4.89. The van der Waals surface area contributed by atoms with Crippen LogP contribution in [0.1, 0.15) is 17.5 Å². The number of para-hydroxylation sites is 1. The lowest BCUT2D eigenvalue weighted by Gasteiger charge is -2.18. The first-order valence-electron chi connectivity index (χ1n) is 8.66. The van der Waals surface area contributed by atoms with E-state index in [9.17, 15) is 14.4 Å². The second-order valence-corrected chi connectivity index (χ2v) is 6.61. The van der Waals surface area contributed by atoms with Crippen LogP contribution in [-0.2, 0) is 17.8 Å². The van der Waals surface area contributed by atoms with Crippen molar-refractivity contribution in [2.75, 3.05) is 11.4 Å². The Kier molecular flexibility index (Phi) is 3.95. The number of aromatic amines is 1. The number of hydrogen-bond donors (Lipinski definition) is 1. The zero-order chi connectivity index (χ0) is 18.3. The van der Waals surface area contributed by atoms with Crippen LogP contribution in [0.5, 0.6) is 0 Å². The molecule has 0 atom stereocenters. The number of rotatable bonds is 3. The van der Waals surface area contributed by atoms with E-state index in [1.165, 1.54) is 15.7 Å². The van der Waals surface area contributed by atoms with Gasteiger partial charge in [0, 0.05) is 25.2 Å². The Balaban J connectivity index is 1.60. The summed E-state index contributed by atoms with van der Waals surface area (Å²) in [6.07, 6.45) is 1.05. The summed E-state index contributed by atoms with van der Waals surface area (Å²) in [7, 11) is 0. The van der Waals surface area contributed by atoms with Crippen LogP contribution >= 0.6 is 0 Å². The molecular formula is C20H19N3O3. The number of nitrogens with one attached hydrogen (secondary N) is 1. The lowest BCUT2D eigenvalue weighted by molar-refractivity contribution is -0.118. The monoisotopic (exact) mass is 349 g/mol. The molecule has 2 aromatic carbocycles. The minimum absolute atomic E-state index is 0.0187. The molecule has 26 heavy (non-hydrogen) atoms. The van der Waals surface area contributed by atoms with Gasteiger partial charge < -0.3 is 4.90 Å². The van der Waals surface area contributed by atoms with Gasteiger partial charge in [-0.1, -0.05) is 29.8 Å². The van der Waals surface area contributed by atoms with Gasteiger partial charge in [0.25, 0.3) is 5.56 Å². The van der Waals surface area contributed by atoms with E-state index < -0.39 is 11.2 Å². The van der Waals surface area contributed by atoms with E-state index in [-0.39, 0.29) is 18.9 Å². The first kappa shape index (κ1) is 16.3. The highest BCUT2D eigenvalue weighted by atomic mass is 16.2. The quantitative estimate of drug-likeness (QED) is 0.786. The molecule has 6 heteroatoms. The zero-order valence-corrected chi connectivity index (χ0v) is 14.5. The number of aryl methyl sites for hydroxylation is 2. The molecular weight excluding hydrogens is 330 g/mol. The Morgan fingerprint density at radius 2 is 1.96 bits per heavy atom. The maximum atomic E-state index is 12.7. The van der Waals surface area contributed by atoms with Gasteiger partial charge in [0.1, 0.15) is 0 Å². The van der Waals surface area contributed by atoms with Gasteiger partial charge in [0.2, 0.25) is 5.91 Å². The van der Waals surface area contributed by atoms with Crippen molar-refractivity contribution in [3.05, 3.63) is 74.4 Å². The van der Waals surface area contributed by atoms with Crippen molar-refractivity contribution in [2.45, 2.75) is 26.3 Å². The van der Waals surface area contributed by atoms with Crippen LogP contribution < -0.4 is 16.1 Å². The first-order valence-corrected chi connectivity index (χ1v) is 8.66. The smallest absolute Gasteiger partial charge is 0.312 e. The molecule has 1 amide bonds. The Labute approximate surface area is 149 Å². The molecule has 1 aliphatic rings. The number of carbonyl (C=O) groups is 1. The predicted octanol–water partition coefficient (Wildman–Crippen LogP) is 1.98. The number of amides is 1. The van der Waals surface area contributed by atoms with E-state index >= 15 is 0 Å². The van der Waals surface area contributed by atoms with Gasteiger partial charge in [-0.3, -0.25) is 19.1 Å². The fourth-order valence-electron chi connectivity index (χ4n) is 3.60. The van der Waals surface area contributed by atoms with Gasteiger partial charge in [-0.15, -0.1) is 0 Å². The molecule has 0 radical (unpaired) electrons. The van der Waals surface area contributed by atoms with Crippen LogP contribution in [-0.4, -0.2) is 22.0 Å². The second-order valence-electron chi connectivity index (χ2n) is 6.61. The van der Waals surface area contributed by atoms with Crippen LogP contribution in [0.15, 0.2) is 52.1 Å². The van der Waals surface area contributed by atoms with Gasteiger partial charge in [-0.25, -0.2) is 4.79 Å². The lowest BCUT2D eigenvalue weighted by Crippen LogP contribution is -2.34. The molecule has 0 unspecified atom stereocenters. The third-order valence-corrected chi connectivity index (χ3v) is 4.89. The zero-order valence-electron chi connectivity index (χ0n) is 14.5. The Hall–Kier alpha value is -3.15. The molecule has 1 N–H and O–H groups in total. The third kappa shape index (κ3) is 2.73. The minimum atomic E-state index is -0.487. The highest BCUT2D eigenvalue weighted by Gasteiger charge is 2.24. The van der Waals surface area contributed by atoms with E-state index in [1.54, 1.807) is 29.2 Å². The van der Waals surface area contributed by atoms with Crippen LogP contribution in [0.4, 0.5) is 5.69 Å². The highest BCUT2D eigenvalue weighted by Crippen LogP contribution is 2.29. The topological polar surface area (TPSA) is 75.2 Å². The molecule has 132 valence electrons. The summed E-state index contributed by atoms with van der Waals surface area (Å²) in [6.45, 7) is 2.93. The van der Waals surface area contributed by atoms with E-state index in [2.05, 4.69) is 11.1 Å². The summed E-state index contributed by atoms with van der Waals surface area (Å²) in [5.74, 6) is -0.0187. The van der Waals surface area contributed by atoms with Crippen LogP contribution in [0.2, 0.25) is 0 Å². The summed E-state index contributed by atoms with van der Waals surface area (Å²) >= 11 is 0. The molecule has 0 bridgehead atoms. The minimum Gasteiger partial charge on any atom is -0.312 e. The van der Waals surface area contributed by atoms with Gasteiger partial charge in [-0.2, -0.15) is 0 Å². The van der Waals surface area contributed by atoms with E-state index in [1.807, 2.05) is 19.1 Å². The summed E-state index contributed by atoms with van der Waals surface area (Å²) in [5, 5.41) is 0.446. The molecule has 0 saturated carbocycles. The van der Waals surface area contributed by atoms with Crippen molar-refractivity contribution < 1.29 is 4.79 Å². The first-order chi connectivity index (χ1) is 12.5. The molecule has 0 fully saturated rings. The van der Waals surface area contributed by atoms with Crippen molar-refractivity contribution >= 4 is 22.5 Å². The van der Waals surface area contributed by atoms with Crippen LogP contribution in [0, 0.1) is 6.92 Å². The largest absolute Gasteiger partial charge is 0.328 e. The van der Waals surface area contributed by atoms with E-state index in [0.717, 1.165) is 12.1 Å². The van der Waals surface area contributed by atoms with Crippen molar-refractivity contribution in [3.8, 4) is 0 Å². The molecule has 6 nitrogen and oxygen atoms in total. The number of fused-ring (bicyclic) bond motifs is 2. The number of nitrogens with zero attached hydrogens (tertiary/aromatic N) is 2. The summed E-state index contributed by atoms with van der Waals surface area (Å²) in [5.41, 5.74) is 2.98. The molecule has 0 saturated heterocycles. The molecule has 0 spiro atoms. The standard InChI is InChI=1S/C20H19N3O3/c1-13-6-7-16-14(12-13)8-10-22(16)18(24)9-11-23-17-5-3-2-4-15(17)19(25)21-20(23)26/h2-7,12H,8-11H2,1H3,(H,21,25,26). The maximum Gasteiger partial charge on any atom is 0.328 e. The van der Waals surface area contributed by atoms with Crippen molar-refractivity contribution in [1.29, 1.82) is 0 Å². The average molecular weight is 349 g/mol. The van der Waals surface area contributed by atoms with Crippen molar-refractivity contribution in [1.82, 2.24) is 9.55 Å². The summed E-state index contributed by atoms with van der Waals surface area (Å²) in [4.78, 5) is 41.0. The average Bonchev–Trinajstić information content (AvgIpc) is 3.04. The number of benzene rings is 2. The van der Waals surface area contributed by atoms with Gasteiger partial charge >= 0.3 is 5.69 Å². The summed E-state index contributed by atoms with van der Waals surface area (Å²) < 4.78 is 1.46. The molecule has 1 aliphatic heterocycles. The fourth-order valence-corrected chi connectivity index (χ4v) is 3.60. The molecule has 0 aliphatic carbocycles. The van der Waals surface area contributed by atoms with E-state index in [0.29, 0.717) is 17.4 Å². The number of hydrogen-bond acceptors (Lipinski definition) is 3. The molecule has 4 rings (SSSR count). The number of aromatic nitrogens is 2. The fraction of sp³-hybridized carbons (Fsp3) is 0.250. The van der Waals surface area contributed by atoms with Crippen molar-refractivity contribution in [3.63, 3.8) is 0 Å². The van der Waals surface area contributed by atoms with Crippen LogP contribution in [0.25, 0.3) is 10.9 Å². The van der Waals surface area contributed by atoms with E-state index in [4.69, 9.17) is 0 Å². The molecule has 1 aromatic heterocycles. The number of H-pyrrole nitrogens is 1. The lowest BCUT2D eigenvalue weighted by atomic mass is 10.1. The van der Waals surface area contributed by atoms with Gasteiger partial charge in [0.15, 0.2) is 0 Å². The molecule has 3 aromatic rings. The highest BCUT2D eigenvalue weighted by molar-refractivity contribution is 5.95. The van der Waals surface area contributed by atoms with Gasteiger partial charge in [-0.05, 0) is 37.1 Å². The normalized spacial score (nSPS) is 13.2. The van der Waals surface area contributed by atoms with Gasteiger partial charge in [0.05, 0.1) is 10.9 Å². The van der Waals surface area contributed by atoms with Crippen molar-refractivity contribution in [2.24, 2.45) is 0 Å². The SMILES string of the molecule is Cc1ccc2c(c1)CCN2C(=O)CCn1c(=O)[nH]c(=O)c2ccccc21. The van der Waals surface area contributed by atoms with Crippen LogP contribution in [0.3, 0.4) is 0 Å². The second kappa shape index (κ2) is 6.29. The molecule has 2 heterocycles. The Morgan fingerprint density at radius 1 is 1.15 bits per heavy atom. The Morgan fingerprint density at radius 3 is 2.81 bits per heavy atom. The number of carbonyl (C=O) groups excluding carboxylic acids is 1. The summed E-state index contributed by atoms with van der Waals surface area (Å²) in [6, 6.07) is 13.0.